The van der Waals surface area contributed by atoms with E-state index in [2.05, 4.69) is 10.6 Å². The average Bonchev–Trinajstić information content (AvgIpc) is 3.12. The van der Waals surface area contributed by atoms with Gasteiger partial charge >= 0.3 is 6.09 Å². The minimum atomic E-state index is -0.436. The standard InChI is InChI=1S/C21H29N3O3/c1-20(2,3)27-19(26)24-7-6-21(13-24)10-14(11-21)12-22-16-5-4-15-8-18(25)23-17(15)9-16/h4-5,9,14,22H,6-8,10-13H2,1-3H3,(H,23,25). The summed E-state index contributed by atoms with van der Waals surface area (Å²) in [5, 5.41) is 6.40. The van der Waals surface area contributed by atoms with Gasteiger partial charge in [0.25, 0.3) is 0 Å². The first-order valence-electron chi connectivity index (χ1n) is 9.86. The van der Waals surface area contributed by atoms with Gasteiger partial charge in [-0.1, -0.05) is 6.07 Å². The van der Waals surface area contributed by atoms with Crippen LogP contribution in [0.25, 0.3) is 0 Å². The Bertz CT molecular complexity index is 762. The van der Waals surface area contributed by atoms with Crippen molar-refractivity contribution in [3.63, 3.8) is 0 Å². The lowest BCUT2D eigenvalue weighted by molar-refractivity contribution is -0.115. The fraction of sp³-hybridized carbons (Fsp3) is 0.619. The van der Waals surface area contributed by atoms with Crippen molar-refractivity contribution >= 4 is 23.4 Å². The van der Waals surface area contributed by atoms with Crippen LogP contribution >= 0.6 is 0 Å². The molecular formula is C21H29N3O3. The summed E-state index contributed by atoms with van der Waals surface area (Å²) in [6.07, 6.45) is 3.69. The van der Waals surface area contributed by atoms with E-state index in [1.54, 1.807) is 0 Å². The molecule has 1 aromatic rings. The smallest absolute Gasteiger partial charge is 0.410 e. The lowest BCUT2D eigenvalue weighted by atomic mass is 9.61. The number of anilines is 2. The van der Waals surface area contributed by atoms with Crippen LogP contribution in [0.15, 0.2) is 18.2 Å². The van der Waals surface area contributed by atoms with Crippen LogP contribution in [0.2, 0.25) is 0 Å². The minimum Gasteiger partial charge on any atom is -0.444 e. The Morgan fingerprint density at radius 1 is 1.37 bits per heavy atom. The Morgan fingerprint density at radius 3 is 2.89 bits per heavy atom. The average molecular weight is 371 g/mol. The maximum Gasteiger partial charge on any atom is 0.410 e. The van der Waals surface area contributed by atoms with E-state index < -0.39 is 5.60 Å². The van der Waals surface area contributed by atoms with Crippen LogP contribution in [-0.2, 0) is 16.0 Å². The monoisotopic (exact) mass is 371 g/mol. The topological polar surface area (TPSA) is 70.7 Å². The lowest BCUT2D eigenvalue weighted by Crippen LogP contribution is -2.44. The van der Waals surface area contributed by atoms with Gasteiger partial charge in [-0.2, -0.15) is 0 Å². The quantitative estimate of drug-likeness (QED) is 0.851. The van der Waals surface area contributed by atoms with Gasteiger partial charge in [-0.15, -0.1) is 0 Å². The fourth-order valence-electron chi connectivity index (χ4n) is 4.65. The van der Waals surface area contributed by atoms with Gasteiger partial charge in [0.15, 0.2) is 0 Å². The summed E-state index contributed by atoms with van der Waals surface area (Å²) in [7, 11) is 0. The second-order valence-electron chi connectivity index (χ2n) is 9.40. The molecule has 1 saturated heterocycles. The third-order valence-electron chi connectivity index (χ3n) is 5.86. The number of hydrogen-bond acceptors (Lipinski definition) is 4. The van der Waals surface area contributed by atoms with Crippen molar-refractivity contribution < 1.29 is 14.3 Å². The molecule has 1 spiro atoms. The fourth-order valence-corrected chi connectivity index (χ4v) is 4.65. The molecule has 2 aliphatic heterocycles. The SMILES string of the molecule is CC(C)(C)OC(=O)N1CCC2(CC(CNc3ccc4c(c3)NC(=O)C4)C2)C1. The number of ether oxygens (including phenoxy) is 1. The second-order valence-corrected chi connectivity index (χ2v) is 9.40. The molecular weight excluding hydrogens is 342 g/mol. The molecule has 6 nitrogen and oxygen atoms in total. The van der Waals surface area contributed by atoms with E-state index in [4.69, 9.17) is 4.74 Å². The Morgan fingerprint density at radius 2 is 2.15 bits per heavy atom. The molecule has 0 radical (unpaired) electrons. The number of carbonyl (C=O) groups excluding carboxylic acids is 2. The summed E-state index contributed by atoms with van der Waals surface area (Å²) in [4.78, 5) is 25.6. The number of nitrogens with zero attached hydrogens (tertiary/aromatic N) is 1. The molecule has 27 heavy (non-hydrogen) atoms. The first-order valence-corrected chi connectivity index (χ1v) is 9.86. The Balaban J connectivity index is 1.24. The molecule has 2 N–H and O–H groups in total. The third-order valence-corrected chi connectivity index (χ3v) is 5.86. The van der Waals surface area contributed by atoms with Crippen LogP contribution in [0.1, 0.15) is 45.6 Å². The van der Waals surface area contributed by atoms with Gasteiger partial charge in [-0.05, 0) is 69.1 Å². The summed E-state index contributed by atoms with van der Waals surface area (Å²) in [5.74, 6) is 0.699. The molecule has 3 aliphatic rings. The first-order chi connectivity index (χ1) is 12.7. The summed E-state index contributed by atoms with van der Waals surface area (Å²) < 4.78 is 5.50. The number of fused-ring (bicyclic) bond motifs is 1. The number of benzene rings is 1. The van der Waals surface area contributed by atoms with E-state index in [0.29, 0.717) is 12.3 Å². The Hall–Kier alpha value is -2.24. The van der Waals surface area contributed by atoms with Gasteiger partial charge in [-0.25, -0.2) is 4.79 Å². The van der Waals surface area contributed by atoms with Gasteiger partial charge < -0.3 is 20.3 Å². The number of nitrogens with one attached hydrogen (secondary N) is 2. The summed E-state index contributed by atoms with van der Waals surface area (Å²) in [5.41, 5.74) is 2.91. The second kappa shape index (κ2) is 6.43. The zero-order chi connectivity index (χ0) is 19.2. The van der Waals surface area contributed by atoms with Crippen molar-refractivity contribution in [1.82, 2.24) is 4.90 Å². The summed E-state index contributed by atoms with van der Waals surface area (Å²) in [6, 6.07) is 6.09. The molecule has 6 heteroatoms. The molecule has 1 saturated carbocycles. The highest BCUT2D eigenvalue weighted by atomic mass is 16.6. The molecule has 0 unspecified atom stereocenters. The van der Waals surface area contributed by atoms with Crippen molar-refractivity contribution in [2.24, 2.45) is 11.3 Å². The maximum absolute atomic E-state index is 12.3. The van der Waals surface area contributed by atoms with Crippen LogP contribution in [0, 0.1) is 11.3 Å². The van der Waals surface area contributed by atoms with E-state index in [-0.39, 0.29) is 17.4 Å². The van der Waals surface area contributed by atoms with Crippen LogP contribution in [0.5, 0.6) is 0 Å². The van der Waals surface area contributed by atoms with Gasteiger partial charge in [0.05, 0.1) is 6.42 Å². The first kappa shape index (κ1) is 18.1. The molecule has 4 rings (SSSR count). The van der Waals surface area contributed by atoms with Crippen molar-refractivity contribution in [3.8, 4) is 0 Å². The van der Waals surface area contributed by atoms with Crippen molar-refractivity contribution in [1.29, 1.82) is 0 Å². The Kier molecular flexibility index (Phi) is 4.32. The number of carbonyl (C=O) groups is 2. The molecule has 2 amide bonds. The van der Waals surface area contributed by atoms with Gasteiger partial charge in [-0.3, -0.25) is 4.79 Å². The van der Waals surface area contributed by atoms with Crippen molar-refractivity contribution in [2.45, 2.75) is 52.1 Å². The molecule has 1 aromatic carbocycles. The predicted molar refractivity (Wildman–Crippen MR) is 105 cm³/mol. The van der Waals surface area contributed by atoms with Gasteiger partial charge in [0.2, 0.25) is 5.91 Å². The number of likely N-dealkylation sites (tertiary alicyclic amines) is 1. The van der Waals surface area contributed by atoms with E-state index in [1.807, 2.05) is 43.9 Å². The Labute approximate surface area is 160 Å². The van der Waals surface area contributed by atoms with Crippen molar-refractivity contribution in [3.05, 3.63) is 23.8 Å². The molecule has 2 fully saturated rings. The molecule has 0 aromatic heterocycles. The summed E-state index contributed by atoms with van der Waals surface area (Å²) in [6.45, 7) is 8.29. The number of rotatable bonds is 3. The van der Waals surface area contributed by atoms with Gasteiger partial charge in [0, 0.05) is 31.0 Å². The highest BCUT2D eigenvalue weighted by molar-refractivity contribution is 5.99. The molecule has 2 heterocycles. The van der Waals surface area contributed by atoms with E-state index in [1.165, 1.54) is 0 Å². The maximum atomic E-state index is 12.3. The lowest BCUT2D eigenvalue weighted by Gasteiger charge is -2.45. The van der Waals surface area contributed by atoms with Crippen LogP contribution in [-0.4, -0.2) is 42.1 Å². The zero-order valence-corrected chi connectivity index (χ0v) is 16.4. The number of hydrogen-bond donors (Lipinski definition) is 2. The predicted octanol–water partition coefficient (Wildman–Crippen LogP) is 3.63. The van der Waals surface area contributed by atoms with Crippen LogP contribution < -0.4 is 10.6 Å². The van der Waals surface area contributed by atoms with E-state index >= 15 is 0 Å². The third kappa shape index (κ3) is 3.89. The minimum absolute atomic E-state index is 0.0684. The normalized spacial score (nSPS) is 26.6. The van der Waals surface area contributed by atoms with E-state index in [0.717, 1.165) is 55.8 Å². The van der Waals surface area contributed by atoms with Gasteiger partial charge in [0.1, 0.15) is 5.60 Å². The number of amides is 2. The largest absolute Gasteiger partial charge is 0.444 e. The zero-order valence-electron chi connectivity index (χ0n) is 16.4. The highest BCUT2D eigenvalue weighted by Crippen LogP contribution is 2.51. The van der Waals surface area contributed by atoms with Crippen LogP contribution in [0.4, 0.5) is 16.2 Å². The van der Waals surface area contributed by atoms with Crippen molar-refractivity contribution in [2.75, 3.05) is 30.3 Å². The van der Waals surface area contributed by atoms with Crippen LogP contribution in [0.3, 0.4) is 0 Å². The van der Waals surface area contributed by atoms with E-state index in [9.17, 15) is 9.59 Å². The highest BCUT2D eigenvalue weighted by Gasteiger charge is 2.49. The summed E-state index contributed by atoms with van der Waals surface area (Å²) >= 11 is 0. The molecule has 1 aliphatic carbocycles. The molecule has 146 valence electrons. The molecule has 0 atom stereocenters. The molecule has 0 bridgehead atoms.